The van der Waals surface area contributed by atoms with E-state index in [4.69, 9.17) is 9.47 Å². The number of likely N-dealkylation sites (tertiary alicyclic amines) is 1. The Balaban J connectivity index is 1.21. The van der Waals surface area contributed by atoms with Crippen molar-refractivity contribution in [1.82, 2.24) is 10.2 Å². The van der Waals surface area contributed by atoms with Gasteiger partial charge in [0, 0.05) is 31.2 Å². The molecule has 0 bridgehead atoms. The predicted molar refractivity (Wildman–Crippen MR) is 119 cm³/mol. The summed E-state index contributed by atoms with van der Waals surface area (Å²) in [5.41, 5.74) is 2.22. The molecule has 0 spiro atoms. The third-order valence-electron chi connectivity index (χ3n) is 5.82. The molecule has 4 rings (SSSR count). The molecule has 31 heavy (non-hydrogen) atoms. The Morgan fingerprint density at radius 3 is 2.45 bits per heavy atom. The fourth-order valence-corrected chi connectivity index (χ4v) is 4.30. The van der Waals surface area contributed by atoms with E-state index in [0.29, 0.717) is 24.0 Å². The zero-order valence-corrected chi connectivity index (χ0v) is 18.3. The molecule has 0 radical (unpaired) electrons. The molecular formula is C25H30N2O4. The molecule has 0 aromatic heterocycles. The topological polar surface area (TPSA) is 67.9 Å². The molecule has 6 heteroatoms. The van der Waals surface area contributed by atoms with E-state index in [1.165, 1.54) is 0 Å². The van der Waals surface area contributed by atoms with Gasteiger partial charge >= 0.3 is 6.09 Å². The van der Waals surface area contributed by atoms with Crippen LogP contribution in [0.5, 0.6) is 5.75 Å². The number of amides is 1. The number of fused-ring (bicyclic) bond motifs is 1. The van der Waals surface area contributed by atoms with Crippen LogP contribution in [0.2, 0.25) is 0 Å². The smallest absolute Gasteiger partial charge is 0.407 e. The molecule has 1 heterocycles. The molecule has 1 N–H and O–H groups in total. The van der Waals surface area contributed by atoms with Crippen molar-refractivity contribution in [3.63, 3.8) is 0 Å². The first kappa shape index (κ1) is 21.4. The van der Waals surface area contributed by atoms with Crippen LogP contribution in [0.3, 0.4) is 0 Å². The van der Waals surface area contributed by atoms with E-state index in [9.17, 15) is 9.59 Å². The van der Waals surface area contributed by atoms with Crippen LogP contribution in [0.25, 0.3) is 11.1 Å². The van der Waals surface area contributed by atoms with E-state index in [1.54, 1.807) is 6.07 Å². The van der Waals surface area contributed by atoms with Crippen LogP contribution in [0.15, 0.2) is 48.5 Å². The third-order valence-corrected chi connectivity index (χ3v) is 5.82. The van der Waals surface area contributed by atoms with Crippen LogP contribution < -0.4 is 10.1 Å². The van der Waals surface area contributed by atoms with Crippen LogP contribution in [-0.2, 0) is 4.74 Å². The van der Waals surface area contributed by atoms with Gasteiger partial charge in [-0.1, -0.05) is 30.3 Å². The van der Waals surface area contributed by atoms with Gasteiger partial charge in [0.2, 0.25) is 0 Å². The lowest BCUT2D eigenvalue weighted by atomic mass is 10.0. The summed E-state index contributed by atoms with van der Waals surface area (Å²) in [6, 6.07) is 15.7. The van der Waals surface area contributed by atoms with E-state index in [-0.39, 0.29) is 12.1 Å². The van der Waals surface area contributed by atoms with Gasteiger partial charge < -0.3 is 14.8 Å². The van der Waals surface area contributed by atoms with Gasteiger partial charge in [-0.3, -0.25) is 9.69 Å². The van der Waals surface area contributed by atoms with Gasteiger partial charge in [-0.05, 0) is 61.9 Å². The summed E-state index contributed by atoms with van der Waals surface area (Å²) in [5.74, 6) is 1.85. The van der Waals surface area contributed by atoms with Crippen molar-refractivity contribution in [1.29, 1.82) is 0 Å². The molecule has 6 nitrogen and oxygen atoms in total. The number of alkyl carbamates (subject to hydrolysis) is 1. The minimum absolute atomic E-state index is 0.242. The second-order valence-corrected chi connectivity index (χ2v) is 9.38. The van der Waals surface area contributed by atoms with Crippen LogP contribution in [0, 0.1) is 11.8 Å². The Hall–Kier alpha value is -2.86. The molecule has 164 valence electrons. The number of nitrogens with one attached hydrogen (secondary N) is 1. The van der Waals surface area contributed by atoms with Crippen molar-refractivity contribution in [2.45, 2.75) is 32.4 Å². The van der Waals surface area contributed by atoms with Gasteiger partial charge in [-0.15, -0.1) is 0 Å². The Bertz CT molecular complexity index is 941. The minimum atomic E-state index is -0.466. The third kappa shape index (κ3) is 5.44. The maximum absolute atomic E-state index is 11.9. The first-order valence-corrected chi connectivity index (χ1v) is 10.8. The molecule has 1 aliphatic carbocycles. The SMILES string of the molecule is CC(C)(C)OC(=O)NC1[C@H]2CN(CCOc3cccc(-c4cccc(C=O)c4)c3)C[C@@H]12. The summed E-state index contributed by atoms with van der Waals surface area (Å²) < 4.78 is 11.3. The van der Waals surface area contributed by atoms with Crippen LogP contribution >= 0.6 is 0 Å². The largest absolute Gasteiger partial charge is 0.492 e. The lowest BCUT2D eigenvalue weighted by Crippen LogP contribution is -2.38. The van der Waals surface area contributed by atoms with Crippen molar-refractivity contribution < 1.29 is 19.1 Å². The molecule has 1 unspecified atom stereocenters. The summed E-state index contributed by atoms with van der Waals surface area (Å²) in [7, 11) is 0. The van der Waals surface area contributed by atoms with E-state index in [1.807, 2.05) is 63.2 Å². The second-order valence-electron chi connectivity index (χ2n) is 9.38. The fourth-order valence-electron chi connectivity index (χ4n) is 4.30. The average molecular weight is 423 g/mol. The number of benzene rings is 2. The highest BCUT2D eigenvalue weighted by Crippen LogP contribution is 2.45. The van der Waals surface area contributed by atoms with Crippen LogP contribution in [-0.4, -0.2) is 55.2 Å². The average Bonchev–Trinajstić information content (AvgIpc) is 3.16. The van der Waals surface area contributed by atoms with E-state index in [0.717, 1.165) is 42.8 Å². The van der Waals surface area contributed by atoms with Crippen LogP contribution in [0.4, 0.5) is 4.79 Å². The van der Waals surface area contributed by atoms with Gasteiger partial charge in [-0.2, -0.15) is 0 Å². The van der Waals surface area contributed by atoms with Gasteiger partial charge in [0.15, 0.2) is 0 Å². The number of ether oxygens (including phenoxy) is 2. The zero-order chi connectivity index (χ0) is 22.0. The number of rotatable bonds is 7. The lowest BCUT2D eigenvalue weighted by Gasteiger charge is -2.22. The Morgan fingerprint density at radius 1 is 1.10 bits per heavy atom. The van der Waals surface area contributed by atoms with Crippen molar-refractivity contribution >= 4 is 12.4 Å². The lowest BCUT2D eigenvalue weighted by molar-refractivity contribution is 0.0513. The summed E-state index contributed by atoms with van der Waals surface area (Å²) >= 11 is 0. The summed E-state index contributed by atoms with van der Waals surface area (Å²) in [6.07, 6.45) is 0.540. The van der Waals surface area contributed by atoms with E-state index in [2.05, 4.69) is 10.2 Å². The number of hydrogen-bond donors (Lipinski definition) is 1. The van der Waals surface area contributed by atoms with Gasteiger partial charge in [0.25, 0.3) is 0 Å². The quantitative estimate of drug-likeness (QED) is 0.683. The number of carbonyl (C=O) groups excluding carboxylic acids is 2. The number of aldehydes is 1. The first-order chi connectivity index (χ1) is 14.8. The van der Waals surface area contributed by atoms with Gasteiger partial charge in [0.05, 0.1) is 0 Å². The second kappa shape index (κ2) is 8.71. The van der Waals surface area contributed by atoms with Crippen molar-refractivity contribution in [2.24, 2.45) is 11.8 Å². The van der Waals surface area contributed by atoms with Crippen LogP contribution in [0.1, 0.15) is 31.1 Å². The normalized spacial score (nSPS) is 22.5. The minimum Gasteiger partial charge on any atom is -0.492 e. The molecule has 2 aromatic carbocycles. The standard InChI is InChI=1S/C25H30N2O4/c1-25(2,3)31-24(29)26-23-21-14-27(15-22(21)23)10-11-30-20-9-5-8-19(13-20)18-7-4-6-17(12-18)16-28/h4-9,12-13,16,21-23H,10-11,14-15H2,1-3H3,(H,26,29)/t21-,22+,23?. The zero-order valence-electron chi connectivity index (χ0n) is 18.3. The maximum atomic E-state index is 11.9. The molecule has 2 fully saturated rings. The monoisotopic (exact) mass is 422 g/mol. The molecule has 2 aliphatic rings. The summed E-state index contributed by atoms with van der Waals surface area (Å²) in [6.45, 7) is 9.05. The Labute approximate surface area is 183 Å². The Morgan fingerprint density at radius 2 is 1.77 bits per heavy atom. The molecule has 1 saturated heterocycles. The fraction of sp³-hybridized carbons (Fsp3) is 0.440. The van der Waals surface area contributed by atoms with Gasteiger partial charge in [-0.25, -0.2) is 4.79 Å². The molecule has 1 amide bonds. The highest BCUT2D eigenvalue weighted by molar-refractivity contribution is 5.79. The molecule has 1 saturated carbocycles. The van der Waals surface area contributed by atoms with Crippen molar-refractivity contribution in [2.75, 3.05) is 26.2 Å². The van der Waals surface area contributed by atoms with Crippen molar-refractivity contribution in [3.8, 4) is 16.9 Å². The molecule has 2 aromatic rings. The van der Waals surface area contributed by atoms with Gasteiger partial charge in [0.1, 0.15) is 24.2 Å². The highest BCUT2D eigenvalue weighted by Gasteiger charge is 2.56. The number of carbonyl (C=O) groups is 2. The highest BCUT2D eigenvalue weighted by atomic mass is 16.6. The van der Waals surface area contributed by atoms with Crippen molar-refractivity contribution in [3.05, 3.63) is 54.1 Å². The predicted octanol–water partition coefficient (Wildman–Crippen LogP) is 4.00. The number of hydrogen-bond acceptors (Lipinski definition) is 5. The summed E-state index contributed by atoms with van der Waals surface area (Å²) in [4.78, 5) is 25.3. The number of piperidine rings is 1. The van der Waals surface area contributed by atoms with E-state index >= 15 is 0 Å². The number of nitrogens with zero attached hydrogens (tertiary/aromatic N) is 1. The Kier molecular flexibility index (Phi) is 6.01. The molecule has 3 atom stereocenters. The molecular weight excluding hydrogens is 392 g/mol. The first-order valence-electron chi connectivity index (χ1n) is 10.8. The summed E-state index contributed by atoms with van der Waals surface area (Å²) in [5, 5.41) is 3.00. The maximum Gasteiger partial charge on any atom is 0.407 e. The van der Waals surface area contributed by atoms with E-state index < -0.39 is 5.60 Å². The molecule has 1 aliphatic heterocycles.